The molecule has 0 radical (unpaired) electrons. The van der Waals surface area contributed by atoms with E-state index < -0.39 is 0 Å². The van der Waals surface area contributed by atoms with Gasteiger partial charge in [-0.2, -0.15) is 0 Å². The van der Waals surface area contributed by atoms with Gasteiger partial charge < -0.3 is 5.73 Å². The Hall–Kier alpha value is -1.31. The molecule has 1 unspecified atom stereocenters. The van der Waals surface area contributed by atoms with E-state index in [-0.39, 0.29) is 6.04 Å². The Morgan fingerprint density at radius 1 is 1.45 bits per heavy atom. The van der Waals surface area contributed by atoms with Crippen LogP contribution >= 0.6 is 0 Å². The molecule has 0 fully saturated rings. The predicted octanol–water partition coefficient (Wildman–Crippen LogP) is 1.17. The van der Waals surface area contributed by atoms with Gasteiger partial charge in [0, 0.05) is 18.3 Å². The van der Waals surface area contributed by atoms with E-state index in [2.05, 4.69) is 11.1 Å². The summed E-state index contributed by atoms with van der Waals surface area (Å²) in [6.07, 6.45) is 10.7. The minimum atomic E-state index is 0.282. The van der Waals surface area contributed by atoms with Crippen molar-refractivity contribution in [3.05, 3.63) is 35.6 Å². The number of fused-ring (bicyclic) bond motifs is 1. The average molecular weight is 146 g/mol. The van der Waals surface area contributed by atoms with Crippen LogP contribution in [0.1, 0.15) is 6.42 Å². The van der Waals surface area contributed by atoms with Gasteiger partial charge in [-0.3, -0.25) is 4.99 Å². The second-order valence-corrected chi connectivity index (χ2v) is 2.79. The van der Waals surface area contributed by atoms with Gasteiger partial charge in [-0.15, -0.1) is 0 Å². The van der Waals surface area contributed by atoms with E-state index in [1.807, 2.05) is 24.4 Å². The zero-order valence-electron chi connectivity index (χ0n) is 6.20. The highest BCUT2D eigenvalue weighted by atomic mass is 14.8. The number of nitrogens with zero attached hydrogens (tertiary/aromatic N) is 1. The third-order valence-electron chi connectivity index (χ3n) is 1.94. The maximum Gasteiger partial charge on any atom is 0.0803 e. The van der Waals surface area contributed by atoms with Gasteiger partial charge >= 0.3 is 0 Å². The molecule has 0 bridgehead atoms. The first-order valence-corrected chi connectivity index (χ1v) is 3.72. The predicted molar refractivity (Wildman–Crippen MR) is 46.4 cm³/mol. The summed E-state index contributed by atoms with van der Waals surface area (Å²) in [5.41, 5.74) is 7.85. The van der Waals surface area contributed by atoms with Gasteiger partial charge in [0.2, 0.25) is 0 Å². The smallest absolute Gasteiger partial charge is 0.0803 e. The van der Waals surface area contributed by atoms with Crippen molar-refractivity contribution in [2.75, 3.05) is 0 Å². The van der Waals surface area contributed by atoms with Gasteiger partial charge in [-0.1, -0.05) is 12.2 Å². The van der Waals surface area contributed by atoms with E-state index in [1.165, 1.54) is 5.57 Å². The summed E-state index contributed by atoms with van der Waals surface area (Å²) in [5, 5.41) is 0. The van der Waals surface area contributed by atoms with E-state index >= 15 is 0 Å². The number of hydrogen-bond donors (Lipinski definition) is 1. The van der Waals surface area contributed by atoms with Crippen molar-refractivity contribution in [1.82, 2.24) is 0 Å². The fourth-order valence-electron chi connectivity index (χ4n) is 1.34. The molecule has 0 amide bonds. The van der Waals surface area contributed by atoms with Crippen LogP contribution in [0.5, 0.6) is 0 Å². The first kappa shape index (κ1) is 6.40. The SMILES string of the molecule is NC1=CC=C2C=CC=NC2C1. The van der Waals surface area contributed by atoms with Crippen LogP contribution in [-0.2, 0) is 0 Å². The number of rotatable bonds is 0. The van der Waals surface area contributed by atoms with Gasteiger partial charge in [-0.05, 0) is 17.7 Å². The molecule has 1 aliphatic heterocycles. The van der Waals surface area contributed by atoms with Crippen LogP contribution in [0, 0.1) is 0 Å². The summed E-state index contributed by atoms with van der Waals surface area (Å²) >= 11 is 0. The Morgan fingerprint density at radius 3 is 3.27 bits per heavy atom. The number of dihydropyridines is 1. The van der Waals surface area contributed by atoms with Gasteiger partial charge in [0.05, 0.1) is 6.04 Å². The summed E-state index contributed by atoms with van der Waals surface area (Å²) in [6.45, 7) is 0. The van der Waals surface area contributed by atoms with E-state index in [4.69, 9.17) is 5.73 Å². The summed E-state index contributed by atoms with van der Waals surface area (Å²) in [6, 6.07) is 0.282. The summed E-state index contributed by atoms with van der Waals surface area (Å²) in [4.78, 5) is 4.30. The quantitative estimate of drug-likeness (QED) is 0.547. The molecule has 0 spiro atoms. The maximum atomic E-state index is 5.66. The Bertz CT molecular complexity index is 282. The van der Waals surface area contributed by atoms with Crippen LogP contribution < -0.4 is 5.73 Å². The van der Waals surface area contributed by atoms with Crippen molar-refractivity contribution in [2.24, 2.45) is 10.7 Å². The molecule has 2 aliphatic rings. The largest absolute Gasteiger partial charge is 0.402 e. The molecule has 0 aromatic heterocycles. The zero-order valence-corrected chi connectivity index (χ0v) is 6.20. The highest BCUT2D eigenvalue weighted by molar-refractivity contribution is 5.74. The number of nitrogens with two attached hydrogens (primary N) is 1. The van der Waals surface area contributed by atoms with E-state index in [1.54, 1.807) is 0 Å². The zero-order chi connectivity index (χ0) is 7.68. The molecule has 0 aromatic carbocycles. The number of hydrogen-bond acceptors (Lipinski definition) is 2. The highest BCUT2D eigenvalue weighted by Gasteiger charge is 2.15. The van der Waals surface area contributed by atoms with Crippen LogP contribution in [0.3, 0.4) is 0 Å². The highest BCUT2D eigenvalue weighted by Crippen LogP contribution is 2.21. The Kier molecular flexibility index (Phi) is 1.39. The molecule has 0 saturated carbocycles. The lowest BCUT2D eigenvalue weighted by Gasteiger charge is -2.19. The monoisotopic (exact) mass is 146 g/mol. The normalized spacial score (nSPS) is 27.5. The van der Waals surface area contributed by atoms with Gasteiger partial charge in [0.15, 0.2) is 0 Å². The van der Waals surface area contributed by atoms with Crippen LogP contribution in [0.25, 0.3) is 0 Å². The Morgan fingerprint density at radius 2 is 2.36 bits per heavy atom. The Balaban J connectivity index is 2.33. The lowest BCUT2D eigenvalue weighted by atomic mass is 9.96. The average Bonchev–Trinajstić information content (AvgIpc) is 2.04. The fourth-order valence-corrected chi connectivity index (χ4v) is 1.34. The molecule has 2 N–H and O–H groups in total. The first-order chi connectivity index (χ1) is 5.36. The minimum Gasteiger partial charge on any atom is -0.402 e. The number of aliphatic imine (C=N–C) groups is 1. The molecule has 2 nitrogen and oxygen atoms in total. The maximum absolute atomic E-state index is 5.66. The third-order valence-corrected chi connectivity index (χ3v) is 1.94. The lowest BCUT2D eigenvalue weighted by molar-refractivity contribution is 0.756. The lowest BCUT2D eigenvalue weighted by Crippen LogP contribution is -2.17. The van der Waals surface area contributed by atoms with E-state index in [0.717, 1.165) is 12.1 Å². The molecular weight excluding hydrogens is 136 g/mol. The molecule has 2 heteroatoms. The molecule has 0 aromatic rings. The van der Waals surface area contributed by atoms with Gasteiger partial charge in [0.25, 0.3) is 0 Å². The van der Waals surface area contributed by atoms with Crippen molar-refractivity contribution in [3.63, 3.8) is 0 Å². The van der Waals surface area contributed by atoms with E-state index in [0.29, 0.717) is 0 Å². The molecule has 0 saturated heterocycles. The second kappa shape index (κ2) is 2.38. The minimum absolute atomic E-state index is 0.282. The van der Waals surface area contributed by atoms with Crippen molar-refractivity contribution >= 4 is 6.21 Å². The fraction of sp³-hybridized carbons (Fsp3) is 0.222. The van der Waals surface area contributed by atoms with Gasteiger partial charge in [-0.25, -0.2) is 0 Å². The molecule has 11 heavy (non-hydrogen) atoms. The van der Waals surface area contributed by atoms with Crippen LogP contribution in [-0.4, -0.2) is 12.3 Å². The Labute approximate surface area is 65.8 Å². The van der Waals surface area contributed by atoms with Crippen LogP contribution in [0.15, 0.2) is 40.6 Å². The summed E-state index contributed by atoms with van der Waals surface area (Å²) in [7, 11) is 0. The second-order valence-electron chi connectivity index (χ2n) is 2.79. The van der Waals surface area contributed by atoms with E-state index in [9.17, 15) is 0 Å². The summed E-state index contributed by atoms with van der Waals surface area (Å²) < 4.78 is 0. The molecule has 1 atom stereocenters. The van der Waals surface area contributed by atoms with Crippen molar-refractivity contribution < 1.29 is 0 Å². The molecule has 56 valence electrons. The van der Waals surface area contributed by atoms with Gasteiger partial charge in [0.1, 0.15) is 0 Å². The van der Waals surface area contributed by atoms with Crippen LogP contribution in [0.2, 0.25) is 0 Å². The van der Waals surface area contributed by atoms with Crippen LogP contribution in [0.4, 0.5) is 0 Å². The van der Waals surface area contributed by atoms with Crippen molar-refractivity contribution in [3.8, 4) is 0 Å². The van der Waals surface area contributed by atoms with Crippen molar-refractivity contribution in [1.29, 1.82) is 0 Å². The molecule has 1 heterocycles. The molecular formula is C9H10N2. The van der Waals surface area contributed by atoms with Crippen molar-refractivity contribution in [2.45, 2.75) is 12.5 Å². The first-order valence-electron chi connectivity index (χ1n) is 3.72. The standard InChI is InChI=1S/C9H10N2/c10-8-4-3-7-2-1-5-11-9(7)6-8/h1-5,9H,6,10H2. The topological polar surface area (TPSA) is 38.4 Å². The molecule has 2 rings (SSSR count). The molecule has 1 aliphatic carbocycles. The third kappa shape index (κ3) is 1.11. The number of allylic oxidation sites excluding steroid dienone is 3. The summed E-state index contributed by atoms with van der Waals surface area (Å²) in [5.74, 6) is 0.